The first-order valence-corrected chi connectivity index (χ1v) is 5.42. The maximum atomic E-state index is 12.0. The highest BCUT2D eigenvalue weighted by molar-refractivity contribution is 6.30. The first kappa shape index (κ1) is 13.5. The summed E-state index contributed by atoms with van der Waals surface area (Å²) in [5.41, 5.74) is 1.31. The molecular formula is C12H14ClNO3. The van der Waals surface area contributed by atoms with Crippen LogP contribution in [0.3, 0.4) is 0 Å². The van der Waals surface area contributed by atoms with Crippen molar-refractivity contribution in [1.29, 1.82) is 0 Å². The Morgan fingerprint density at radius 1 is 1.41 bits per heavy atom. The Labute approximate surface area is 105 Å². The van der Waals surface area contributed by atoms with Crippen LogP contribution in [0.15, 0.2) is 18.2 Å². The first-order chi connectivity index (χ1) is 7.95. The van der Waals surface area contributed by atoms with Gasteiger partial charge in [-0.15, -0.1) is 0 Å². The van der Waals surface area contributed by atoms with Gasteiger partial charge in [-0.25, -0.2) is 0 Å². The van der Waals surface area contributed by atoms with E-state index in [9.17, 15) is 9.59 Å². The van der Waals surface area contributed by atoms with E-state index in [0.29, 0.717) is 10.6 Å². The summed E-state index contributed by atoms with van der Waals surface area (Å²) in [6.45, 7) is 1.72. The molecule has 92 valence electrons. The van der Waals surface area contributed by atoms with Gasteiger partial charge in [0.25, 0.3) is 5.91 Å². The molecule has 0 saturated heterocycles. The van der Waals surface area contributed by atoms with E-state index in [4.69, 9.17) is 11.6 Å². The standard InChI is InChI=1S/C12H14ClNO3/c1-8-6-9(13)4-5-10(8)12(16)14(2)7-11(15)17-3/h4-6H,7H2,1-3H3. The third-order valence-electron chi connectivity index (χ3n) is 2.36. The smallest absolute Gasteiger partial charge is 0.325 e. The Morgan fingerprint density at radius 3 is 2.59 bits per heavy atom. The van der Waals surface area contributed by atoms with Gasteiger partial charge in [0.15, 0.2) is 0 Å². The largest absolute Gasteiger partial charge is 0.468 e. The third-order valence-corrected chi connectivity index (χ3v) is 2.59. The lowest BCUT2D eigenvalue weighted by Crippen LogP contribution is -2.33. The van der Waals surface area contributed by atoms with Crippen molar-refractivity contribution in [2.45, 2.75) is 6.92 Å². The lowest BCUT2D eigenvalue weighted by atomic mass is 10.1. The lowest BCUT2D eigenvalue weighted by Gasteiger charge is -2.16. The highest BCUT2D eigenvalue weighted by Crippen LogP contribution is 2.16. The summed E-state index contributed by atoms with van der Waals surface area (Å²) in [4.78, 5) is 24.4. The van der Waals surface area contributed by atoms with Crippen molar-refractivity contribution in [2.75, 3.05) is 20.7 Å². The van der Waals surface area contributed by atoms with Gasteiger partial charge in [0.1, 0.15) is 6.54 Å². The fraction of sp³-hybridized carbons (Fsp3) is 0.333. The van der Waals surface area contributed by atoms with Crippen molar-refractivity contribution >= 4 is 23.5 Å². The summed E-state index contributed by atoms with van der Waals surface area (Å²) in [7, 11) is 2.83. The quantitative estimate of drug-likeness (QED) is 0.775. The molecular weight excluding hydrogens is 242 g/mol. The normalized spacial score (nSPS) is 9.88. The minimum atomic E-state index is -0.451. The molecule has 17 heavy (non-hydrogen) atoms. The zero-order valence-corrected chi connectivity index (χ0v) is 10.7. The molecule has 4 nitrogen and oxygen atoms in total. The number of halogens is 1. The van der Waals surface area contributed by atoms with Gasteiger partial charge in [0.05, 0.1) is 7.11 Å². The van der Waals surface area contributed by atoms with Crippen LogP contribution in [0.25, 0.3) is 0 Å². The van der Waals surface area contributed by atoms with Gasteiger partial charge >= 0.3 is 5.97 Å². The summed E-state index contributed by atoms with van der Waals surface area (Å²) >= 11 is 5.81. The molecule has 0 atom stereocenters. The average Bonchev–Trinajstić information content (AvgIpc) is 2.28. The van der Waals surface area contributed by atoms with Gasteiger partial charge in [-0.3, -0.25) is 9.59 Å². The molecule has 0 heterocycles. The van der Waals surface area contributed by atoms with E-state index in [2.05, 4.69) is 4.74 Å². The summed E-state index contributed by atoms with van der Waals surface area (Å²) in [5, 5.41) is 0.578. The maximum Gasteiger partial charge on any atom is 0.325 e. The predicted octanol–water partition coefficient (Wildman–Crippen LogP) is 1.89. The third kappa shape index (κ3) is 3.46. The van der Waals surface area contributed by atoms with Crippen LogP contribution in [0.4, 0.5) is 0 Å². The van der Waals surface area contributed by atoms with Crippen LogP contribution in [0.1, 0.15) is 15.9 Å². The van der Waals surface area contributed by atoms with Gasteiger partial charge < -0.3 is 9.64 Å². The van der Waals surface area contributed by atoms with E-state index >= 15 is 0 Å². The topological polar surface area (TPSA) is 46.6 Å². The van der Waals surface area contributed by atoms with Crippen molar-refractivity contribution in [3.63, 3.8) is 0 Å². The van der Waals surface area contributed by atoms with Gasteiger partial charge in [-0.2, -0.15) is 0 Å². The van der Waals surface area contributed by atoms with E-state index in [1.165, 1.54) is 12.0 Å². The highest BCUT2D eigenvalue weighted by Gasteiger charge is 2.16. The minimum Gasteiger partial charge on any atom is -0.468 e. The number of nitrogens with zero attached hydrogens (tertiary/aromatic N) is 1. The van der Waals surface area contributed by atoms with E-state index in [1.807, 2.05) is 0 Å². The van der Waals surface area contributed by atoms with Crippen LogP contribution < -0.4 is 0 Å². The van der Waals surface area contributed by atoms with E-state index < -0.39 is 5.97 Å². The molecule has 0 aliphatic rings. The molecule has 5 heteroatoms. The van der Waals surface area contributed by atoms with E-state index in [-0.39, 0.29) is 12.5 Å². The van der Waals surface area contributed by atoms with Crippen molar-refractivity contribution in [1.82, 2.24) is 4.90 Å². The fourth-order valence-electron chi connectivity index (χ4n) is 1.40. The Morgan fingerprint density at radius 2 is 2.06 bits per heavy atom. The van der Waals surface area contributed by atoms with Gasteiger partial charge in [-0.05, 0) is 30.7 Å². The van der Waals surface area contributed by atoms with Crippen LogP contribution in [-0.2, 0) is 9.53 Å². The van der Waals surface area contributed by atoms with E-state index in [1.54, 1.807) is 32.2 Å². The molecule has 0 N–H and O–H groups in total. The van der Waals surface area contributed by atoms with Crippen LogP contribution in [0.5, 0.6) is 0 Å². The van der Waals surface area contributed by atoms with Crippen molar-refractivity contribution in [3.8, 4) is 0 Å². The molecule has 0 aliphatic carbocycles. The Balaban J connectivity index is 2.85. The number of amides is 1. The first-order valence-electron chi connectivity index (χ1n) is 5.04. The molecule has 1 amide bonds. The number of carbonyl (C=O) groups excluding carboxylic acids is 2. The number of rotatable bonds is 3. The number of hydrogen-bond acceptors (Lipinski definition) is 3. The summed E-state index contributed by atoms with van der Waals surface area (Å²) in [6.07, 6.45) is 0. The van der Waals surface area contributed by atoms with Crippen LogP contribution >= 0.6 is 11.6 Å². The summed E-state index contributed by atoms with van der Waals surface area (Å²) in [6, 6.07) is 5.00. The monoisotopic (exact) mass is 255 g/mol. The molecule has 1 rings (SSSR count). The number of methoxy groups -OCH3 is 1. The number of esters is 1. The maximum absolute atomic E-state index is 12.0. The predicted molar refractivity (Wildman–Crippen MR) is 65.2 cm³/mol. The van der Waals surface area contributed by atoms with Gasteiger partial charge in [0, 0.05) is 17.6 Å². The molecule has 0 unspecified atom stereocenters. The second-order valence-electron chi connectivity index (χ2n) is 3.70. The number of ether oxygens (including phenoxy) is 1. The zero-order chi connectivity index (χ0) is 13.0. The summed E-state index contributed by atoms with van der Waals surface area (Å²) < 4.78 is 4.50. The van der Waals surface area contributed by atoms with Crippen molar-refractivity contribution < 1.29 is 14.3 Å². The van der Waals surface area contributed by atoms with Gasteiger partial charge in [0.2, 0.25) is 0 Å². The second-order valence-corrected chi connectivity index (χ2v) is 4.13. The number of aryl methyl sites for hydroxylation is 1. The molecule has 0 radical (unpaired) electrons. The van der Waals surface area contributed by atoms with Crippen LogP contribution in [0, 0.1) is 6.92 Å². The second kappa shape index (κ2) is 5.68. The highest BCUT2D eigenvalue weighted by atomic mass is 35.5. The zero-order valence-electron chi connectivity index (χ0n) is 9.99. The van der Waals surface area contributed by atoms with Crippen LogP contribution in [-0.4, -0.2) is 37.5 Å². The molecule has 1 aromatic carbocycles. The Bertz CT molecular complexity index is 445. The SMILES string of the molecule is COC(=O)CN(C)C(=O)c1ccc(Cl)cc1C. The number of benzene rings is 1. The Hall–Kier alpha value is -1.55. The average molecular weight is 256 g/mol. The van der Waals surface area contributed by atoms with Crippen molar-refractivity contribution in [2.24, 2.45) is 0 Å². The molecule has 0 fully saturated rings. The molecule has 1 aromatic rings. The minimum absolute atomic E-state index is 0.0720. The fourth-order valence-corrected chi connectivity index (χ4v) is 1.63. The van der Waals surface area contributed by atoms with Gasteiger partial charge in [-0.1, -0.05) is 11.6 Å². The molecule has 0 aliphatic heterocycles. The van der Waals surface area contributed by atoms with Crippen molar-refractivity contribution in [3.05, 3.63) is 34.3 Å². The molecule has 0 bridgehead atoms. The summed E-state index contributed by atoms with van der Waals surface area (Å²) in [5.74, 6) is -0.683. The number of likely N-dealkylation sites (N-methyl/N-ethyl adjacent to an activating group) is 1. The Kier molecular flexibility index (Phi) is 4.52. The van der Waals surface area contributed by atoms with E-state index in [0.717, 1.165) is 5.56 Å². The van der Waals surface area contributed by atoms with Crippen LogP contribution in [0.2, 0.25) is 5.02 Å². The number of carbonyl (C=O) groups is 2. The molecule has 0 spiro atoms. The molecule has 0 saturated carbocycles. The molecule has 0 aromatic heterocycles. The number of hydrogen-bond donors (Lipinski definition) is 0. The lowest BCUT2D eigenvalue weighted by molar-refractivity contribution is -0.141.